The number of benzene rings is 1. The molecule has 1 aliphatic heterocycles. The highest BCUT2D eigenvalue weighted by Crippen LogP contribution is 2.32. The molecule has 4 amide bonds. The van der Waals surface area contributed by atoms with E-state index in [2.05, 4.69) is 5.32 Å². The van der Waals surface area contributed by atoms with Crippen LogP contribution >= 0.6 is 0 Å². The van der Waals surface area contributed by atoms with Gasteiger partial charge in [-0.2, -0.15) is 0 Å². The van der Waals surface area contributed by atoms with Crippen LogP contribution in [0.2, 0.25) is 0 Å². The van der Waals surface area contributed by atoms with Crippen LogP contribution in [0.4, 0.5) is 10.5 Å². The lowest BCUT2D eigenvalue weighted by atomic mass is 10.1. The Kier molecular flexibility index (Phi) is 5.76. The van der Waals surface area contributed by atoms with Crippen LogP contribution in [0, 0.1) is 24.0 Å². The van der Waals surface area contributed by atoms with Crippen LogP contribution in [0.1, 0.15) is 22.7 Å². The summed E-state index contributed by atoms with van der Waals surface area (Å²) in [6.07, 6.45) is 2.83. The Morgan fingerprint density at radius 2 is 1.94 bits per heavy atom. The number of barbiturate groups is 1. The Balaban J connectivity index is 1.74. The molecule has 0 atom stereocenters. The van der Waals surface area contributed by atoms with Crippen molar-refractivity contribution in [2.24, 2.45) is 0 Å². The van der Waals surface area contributed by atoms with Crippen molar-refractivity contribution in [1.82, 2.24) is 14.8 Å². The van der Waals surface area contributed by atoms with Crippen LogP contribution < -0.4 is 10.1 Å². The molecular formula is C23H20N4O7. The van der Waals surface area contributed by atoms with Gasteiger partial charge in [0.15, 0.2) is 0 Å². The molecule has 3 heterocycles. The van der Waals surface area contributed by atoms with Gasteiger partial charge in [-0.05, 0) is 49.8 Å². The minimum Gasteiger partial charge on any atom is -0.494 e. The van der Waals surface area contributed by atoms with Crippen molar-refractivity contribution in [3.8, 4) is 11.4 Å². The number of methoxy groups -OCH3 is 1. The first-order valence-corrected chi connectivity index (χ1v) is 10.1. The van der Waals surface area contributed by atoms with Crippen LogP contribution in [0.3, 0.4) is 0 Å². The van der Waals surface area contributed by atoms with E-state index in [0.29, 0.717) is 22.7 Å². The normalized spacial score (nSPS) is 15.1. The minimum atomic E-state index is -0.829. The molecule has 174 valence electrons. The Hall–Kier alpha value is -4.67. The average Bonchev–Trinajstić information content (AvgIpc) is 3.41. The molecular weight excluding hydrogens is 444 g/mol. The van der Waals surface area contributed by atoms with Crippen LogP contribution in [0.25, 0.3) is 11.8 Å². The van der Waals surface area contributed by atoms with Crippen molar-refractivity contribution >= 4 is 29.6 Å². The molecule has 1 N–H and O–H groups in total. The summed E-state index contributed by atoms with van der Waals surface area (Å²) < 4.78 is 12.4. The lowest BCUT2D eigenvalue weighted by Gasteiger charge is -2.25. The van der Waals surface area contributed by atoms with E-state index in [1.807, 2.05) is 6.92 Å². The monoisotopic (exact) mass is 464 g/mol. The van der Waals surface area contributed by atoms with E-state index >= 15 is 0 Å². The molecule has 11 nitrogen and oxygen atoms in total. The quantitative estimate of drug-likeness (QED) is 0.256. The minimum absolute atomic E-state index is 0.115. The van der Waals surface area contributed by atoms with Gasteiger partial charge in [-0.15, -0.1) is 0 Å². The Bertz CT molecular complexity index is 1350. The summed E-state index contributed by atoms with van der Waals surface area (Å²) in [5, 5.41) is 13.3. The number of ether oxygens (including phenoxy) is 1. The molecule has 1 fully saturated rings. The fourth-order valence-corrected chi connectivity index (χ4v) is 3.82. The van der Waals surface area contributed by atoms with Gasteiger partial charge in [-0.1, -0.05) is 0 Å². The zero-order chi connectivity index (χ0) is 24.6. The zero-order valence-corrected chi connectivity index (χ0v) is 18.5. The van der Waals surface area contributed by atoms with Gasteiger partial charge in [-0.3, -0.25) is 29.9 Å². The summed E-state index contributed by atoms with van der Waals surface area (Å²) >= 11 is 0. The standard InChI is InChI=1S/C23H20N4O7/c1-13-9-15(14(2)26(13)19-7-6-16(27(31)32)11-20(19)33-3)10-18-21(28)24-23(30)25(22(18)29)12-17-5-4-8-34-17/h4-11H,12H2,1-3H3,(H,24,28,30)/b18-10+. The Labute approximate surface area is 193 Å². The van der Waals surface area contributed by atoms with Gasteiger partial charge in [0.25, 0.3) is 17.5 Å². The number of nitrogens with zero attached hydrogens (tertiary/aromatic N) is 3. The molecule has 1 aromatic carbocycles. The topological polar surface area (TPSA) is 137 Å². The molecule has 0 spiro atoms. The van der Waals surface area contributed by atoms with Gasteiger partial charge in [0, 0.05) is 17.5 Å². The van der Waals surface area contributed by atoms with Gasteiger partial charge in [0.05, 0.1) is 36.6 Å². The third-order valence-electron chi connectivity index (χ3n) is 5.46. The number of urea groups is 1. The van der Waals surface area contributed by atoms with E-state index in [-0.39, 0.29) is 23.6 Å². The molecule has 4 rings (SSSR count). The highest BCUT2D eigenvalue weighted by atomic mass is 16.6. The van der Waals surface area contributed by atoms with E-state index in [0.717, 1.165) is 10.6 Å². The number of carbonyl (C=O) groups excluding carboxylic acids is 3. The first-order valence-electron chi connectivity index (χ1n) is 10.1. The van der Waals surface area contributed by atoms with E-state index in [4.69, 9.17) is 9.15 Å². The highest BCUT2D eigenvalue weighted by molar-refractivity contribution is 6.31. The van der Waals surface area contributed by atoms with Crippen LogP contribution in [0.5, 0.6) is 5.75 Å². The summed E-state index contributed by atoms with van der Waals surface area (Å²) in [5.41, 5.74) is 2.19. The van der Waals surface area contributed by atoms with Crippen LogP contribution in [-0.2, 0) is 16.1 Å². The van der Waals surface area contributed by atoms with Gasteiger partial charge in [0.1, 0.15) is 17.1 Å². The van der Waals surface area contributed by atoms with Crippen molar-refractivity contribution < 1.29 is 28.5 Å². The number of imide groups is 2. The number of aromatic nitrogens is 1. The van der Waals surface area contributed by atoms with Crippen LogP contribution in [-0.4, -0.2) is 39.3 Å². The second-order valence-electron chi connectivity index (χ2n) is 7.56. The van der Waals surface area contributed by atoms with E-state index in [1.165, 1.54) is 31.6 Å². The lowest BCUT2D eigenvalue weighted by Crippen LogP contribution is -2.53. The SMILES string of the molecule is COc1cc([N+](=O)[O-])ccc1-n1c(C)cc(/C=C2\C(=O)NC(=O)N(Cc3ccco3)C2=O)c1C. The predicted octanol–water partition coefficient (Wildman–Crippen LogP) is 3.27. The van der Waals surface area contributed by atoms with Crippen LogP contribution in [0.15, 0.2) is 52.7 Å². The van der Waals surface area contributed by atoms with Crippen molar-refractivity contribution in [3.05, 3.63) is 81.1 Å². The number of nitrogens with one attached hydrogen (secondary N) is 1. The fraction of sp³-hybridized carbons (Fsp3) is 0.174. The Morgan fingerprint density at radius 1 is 1.18 bits per heavy atom. The molecule has 2 aromatic heterocycles. The highest BCUT2D eigenvalue weighted by Gasteiger charge is 2.36. The van der Waals surface area contributed by atoms with Crippen molar-refractivity contribution in [3.63, 3.8) is 0 Å². The lowest BCUT2D eigenvalue weighted by molar-refractivity contribution is -0.384. The summed E-state index contributed by atoms with van der Waals surface area (Å²) in [6.45, 7) is 3.46. The molecule has 0 radical (unpaired) electrons. The van der Waals surface area contributed by atoms with Crippen molar-refractivity contribution in [2.75, 3.05) is 7.11 Å². The van der Waals surface area contributed by atoms with E-state index in [9.17, 15) is 24.5 Å². The zero-order valence-electron chi connectivity index (χ0n) is 18.5. The summed E-state index contributed by atoms with van der Waals surface area (Å²) in [5.74, 6) is -0.871. The number of hydrogen-bond acceptors (Lipinski definition) is 7. The number of aryl methyl sites for hydroxylation is 1. The van der Waals surface area contributed by atoms with E-state index < -0.39 is 22.8 Å². The third kappa shape index (κ3) is 3.94. The number of non-ortho nitro benzene ring substituents is 1. The van der Waals surface area contributed by atoms with Crippen molar-refractivity contribution in [2.45, 2.75) is 20.4 Å². The number of furan rings is 1. The number of amides is 4. The number of carbonyl (C=O) groups is 3. The largest absolute Gasteiger partial charge is 0.494 e. The van der Waals surface area contributed by atoms with Gasteiger partial charge < -0.3 is 13.7 Å². The molecule has 11 heteroatoms. The molecule has 34 heavy (non-hydrogen) atoms. The molecule has 0 aliphatic carbocycles. The number of rotatable bonds is 6. The van der Waals surface area contributed by atoms with E-state index in [1.54, 1.807) is 35.8 Å². The molecule has 0 unspecified atom stereocenters. The Morgan fingerprint density at radius 3 is 2.59 bits per heavy atom. The molecule has 0 bridgehead atoms. The summed E-state index contributed by atoms with van der Waals surface area (Å²) in [7, 11) is 1.41. The third-order valence-corrected chi connectivity index (χ3v) is 5.46. The summed E-state index contributed by atoms with van der Waals surface area (Å²) in [4.78, 5) is 49.2. The maximum Gasteiger partial charge on any atom is 0.331 e. The number of nitro benzene ring substituents is 1. The molecule has 3 aromatic rings. The maximum atomic E-state index is 13.0. The van der Waals surface area contributed by atoms with Gasteiger partial charge in [0.2, 0.25) is 0 Å². The maximum absolute atomic E-state index is 13.0. The predicted molar refractivity (Wildman–Crippen MR) is 119 cm³/mol. The summed E-state index contributed by atoms with van der Waals surface area (Å²) in [6, 6.07) is 8.43. The number of hydrogen-bond donors (Lipinski definition) is 1. The van der Waals surface area contributed by atoms with Gasteiger partial charge in [-0.25, -0.2) is 4.79 Å². The second-order valence-corrected chi connectivity index (χ2v) is 7.56. The number of nitro groups is 1. The molecule has 1 saturated heterocycles. The van der Waals surface area contributed by atoms with Crippen molar-refractivity contribution in [1.29, 1.82) is 0 Å². The molecule has 1 aliphatic rings. The average molecular weight is 464 g/mol. The fourth-order valence-electron chi connectivity index (χ4n) is 3.82. The first-order chi connectivity index (χ1) is 16.2. The smallest absolute Gasteiger partial charge is 0.331 e. The van der Waals surface area contributed by atoms with Gasteiger partial charge >= 0.3 is 6.03 Å². The second kappa shape index (κ2) is 8.70. The first kappa shape index (κ1) is 22.5. The molecule has 0 saturated carbocycles.